The molecule has 2 rings (SSSR count). The van der Waals surface area contributed by atoms with Crippen LogP contribution < -0.4 is 16.0 Å². The molecule has 0 saturated heterocycles. The van der Waals surface area contributed by atoms with Gasteiger partial charge < -0.3 is 16.0 Å². The Morgan fingerprint density at radius 1 is 1.17 bits per heavy atom. The standard InChI is InChI=1S/C16H19N3O2S.ClH/c1-11(17-2)10-18-15(20)12-5-3-6-13(9-12)19-16(21)14-7-4-8-22-14;/h3-9,11,17H,10H2,1-2H3,(H,18,20)(H,19,21);1H. The van der Waals surface area contributed by atoms with Gasteiger partial charge in [-0.2, -0.15) is 0 Å². The van der Waals surface area contributed by atoms with E-state index in [1.54, 1.807) is 30.3 Å². The van der Waals surface area contributed by atoms with Gasteiger partial charge in [0.05, 0.1) is 4.88 Å². The molecule has 0 saturated carbocycles. The Labute approximate surface area is 145 Å². The van der Waals surface area contributed by atoms with Gasteiger partial charge in [0.25, 0.3) is 11.8 Å². The van der Waals surface area contributed by atoms with Gasteiger partial charge in [0.1, 0.15) is 0 Å². The van der Waals surface area contributed by atoms with Crippen LogP contribution >= 0.6 is 23.7 Å². The maximum absolute atomic E-state index is 12.1. The van der Waals surface area contributed by atoms with Crippen molar-refractivity contribution >= 4 is 41.2 Å². The molecule has 23 heavy (non-hydrogen) atoms. The number of halogens is 1. The van der Waals surface area contributed by atoms with Crippen molar-refractivity contribution < 1.29 is 9.59 Å². The number of carbonyl (C=O) groups excluding carboxylic acids is 2. The van der Waals surface area contributed by atoms with E-state index in [0.717, 1.165) is 0 Å². The van der Waals surface area contributed by atoms with Gasteiger partial charge in [-0.1, -0.05) is 12.1 Å². The molecule has 7 heteroatoms. The summed E-state index contributed by atoms with van der Waals surface area (Å²) in [5.74, 6) is -0.328. The van der Waals surface area contributed by atoms with E-state index >= 15 is 0 Å². The van der Waals surface area contributed by atoms with E-state index in [-0.39, 0.29) is 30.3 Å². The molecule has 0 aliphatic rings. The Morgan fingerprint density at radius 2 is 1.96 bits per heavy atom. The molecule has 2 amide bonds. The largest absolute Gasteiger partial charge is 0.350 e. The maximum Gasteiger partial charge on any atom is 0.265 e. The number of carbonyl (C=O) groups is 2. The maximum atomic E-state index is 12.1. The first-order valence-electron chi connectivity index (χ1n) is 7.00. The fourth-order valence-corrected chi connectivity index (χ4v) is 2.41. The van der Waals surface area contributed by atoms with Crippen LogP contribution in [-0.2, 0) is 0 Å². The van der Waals surface area contributed by atoms with Gasteiger partial charge in [-0.05, 0) is 43.6 Å². The van der Waals surface area contributed by atoms with Crippen molar-refractivity contribution in [3.8, 4) is 0 Å². The SMILES string of the molecule is CNC(C)CNC(=O)c1cccc(NC(=O)c2cccs2)c1.Cl. The van der Waals surface area contributed by atoms with Crippen molar-refractivity contribution in [1.29, 1.82) is 0 Å². The van der Waals surface area contributed by atoms with Crippen molar-refractivity contribution in [1.82, 2.24) is 10.6 Å². The van der Waals surface area contributed by atoms with E-state index in [1.165, 1.54) is 11.3 Å². The van der Waals surface area contributed by atoms with E-state index in [9.17, 15) is 9.59 Å². The molecule has 0 fully saturated rings. The molecule has 124 valence electrons. The van der Waals surface area contributed by atoms with E-state index in [1.807, 2.05) is 25.4 Å². The number of rotatable bonds is 6. The molecule has 0 aliphatic heterocycles. The van der Waals surface area contributed by atoms with Gasteiger partial charge in [0.2, 0.25) is 0 Å². The number of nitrogens with one attached hydrogen (secondary N) is 3. The lowest BCUT2D eigenvalue weighted by atomic mass is 10.2. The molecule has 1 heterocycles. The highest BCUT2D eigenvalue weighted by Gasteiger charge is 2.10. The highest BCUT2D eigenvalue weighted by atomic mass is 35.5. The normalized spacial score (nSPS) is 11.2. The average Bonchev–Trinajstić information content (AvgIpc) is 3.07. The first-order valence-corrected chi connectivity index (χ1v) is 7.88. The van der Waals surface area contributed by atoms with E-state index in [0.29, 0.717) is 22.7 Å². The number of anilines is 1. The van der Waals surface area contributed by atoms with Gasteiger partial charge >= 0.3 is 0 Å². The molecular formula is C16H20ClN3O2S. The van der Waals surface area contributed by atoms with Crippen LogP contribution in [0.2, 0.25) is 0 Å². The number of thiophene rings is 1. The molecule has 0 radical (unpaired) electrons. The predicted molar refractivity (Wildman–Crippen MR) is 96.8 cm³/mol. The summed E-state index contributed by atoms with van der Waals surface area (Å²) in [6.07, 6.45) is 0. The Kier molecular flexibility index (Phi) is 7.74. The first kappa shape index (κ1) is 19.2. The number of hydrogen-bond acceptors (Lipinski definition) is 4. The Balaban J connectivity index is 0.00000264. The van der Waals surface area contributed by atoms with Crippen LogP contribution in [0.4, 0.5) is 5.69 Å². The predicted octanol–water partition coefficient (Wildman–Crippen LogP) is 2.76. The monoisotopic (exact) mass is 353 g/mol. The number of hydrogen-bond donors (Lipinski definition) is 3. The van der Waals surface area contributed by atoms with Crippen molar-refractivity contribution in [2.45, 2.75) is 13.0 Å². The minimum atomic E-state index is -0.170. The third-order valence-electron chi connectivity index (χ3n) is 3.19. The third-order valence-corrected chi connectivity index (χ3v) is 4.06. The minimum Gasteiger partial charge on any atom is -0.350 e. The molecule has 1 atom stereocenters. The summed E-state index contributed by atoms with van der Waals surface area (Å²) in [5, 5.41) is 10.5. The minimum absolute atomic E-state index is 0. The zero-order valence-electron chi connectivity index (χ0n) is 13.0. The quantitative estimate of drug-likeness (QED) is 0.747. The van der Waals surface area contributed by atoms with Gasteiger partial charge in [0, 0.05) is 23.8 Å². The van der Waals surface area contributed by atoms with Gasteiger partial charge in [0.15, 0.2) is 0 Å². The van der Waals surface area contributed by atoms with Gasteiger partial charge in [-0.3, -0.25) is 9.59 Å². The van der Waals surface area contributed by atoms with Crippen LogP contribution in [0.15, 0.2) is 41.8 Å². The fourth-order valence-electron chi connectivity index (χ4n) is 1.79. The molecule has 2 aromatic rings. The lowest BCUT2D eigenvalue weighted by Gasteiger charge is -2.12. The highest BCUT2D eigenvalue weighted by Crippen LogP contribution is 2.14. The second kappa shape index (κ2) is 9.29. The zero-order chi connectivity index (χ0) is 15.9. The second-order valence-corrected chi connectivity index (χ2v) is 5.86. The zero-order valence-corrected chi connectivity index (χ0v) is 14.6. The summed E-state index contributed by atoms with van der Waals surface area (Å²) in [4.78, 5) is 24.7. The Bertz CT molecular complexity index is 647. The van der Waals surface area contributed by atoms with Crippen molar-refractivity contribution in [2.75, 3.05) is 18.9 Å². The van der Waals surface area contributed by atoms with E-state index in [4.69, 9.17) is 0 Å². The third kappa shape index (κ3) is 5.67. The van der Waals surface area contributed by atoms with Gasteiger partial charge in [-0.25, -0.2) is 0 Å². The van der Waals surface area contributed by atoms with Crippen molar-refractivity contribution in [3.05, 3.63) is 52.2 Å². The number of amides is 2. The molecule has 3 N–H and O–H groups in total. The summed E-state index contributed by atoms with van der Waals surface area (Å²) in [5.41, 5.74) is 1.12. The van der Waals surface area contributed by atoms with Crippen LogP contribution in [0.25, 0.3) is 0 Å². The van der Waals surface area contributed by atoms with Crippen LogP contribution in [0, 0.1) is 0 Å². The van der Waals surface area contributed by atoms with Gasteiger partial charge in [-0.15, -0.1) is 23.7 Å². The van der Waals surface area contributed by atoms with Crippen LogP contribution in [0.5, 0.6) is 0 Å². The van der Waals surface area contributed by atoms with Crippen molar-refractivity contribution in [3.63, 3.8) is 0 Å². The summed E-state index contributed by atoms with van der Waals surface area (Å²) < 4.78 is 0. The summed E-state index contributed by atoms with van der Waals surface area (Å²) in [7, 11) is 1.84. The summed E-state index contributed by atoms with van der Waals surface area (Å²) >= 11 is 1.38. The summed E-state index contributed by atoms with van der Waals surface area (Å²) in [6.45, 7) is 2.53. The Morgan fingerprint density at radius 3 is 2.61 bits per heavy atom. The molecular weight excluding hydrogens is 334 g/mol. The number of likely N-dealkylation sites (N-methyl/N-ethyl adjacent to an activating group) is 1. The lowest BCUT2D eigenvalue weighted by Crippen LogP contribution is -2.37. The highest BCUT2D eigenvalue weighted by molar-refractivity contribution is 7.12. The molecule has 0 aliphatic carbocycles. The molecule has 0 spiro atoms. The molecule has 0 bridgehead atoms. The van der Waals surface area contributed by atoms with E-state index < -0.39 is 0 Å². The molecule has 5 nitrogen and oxygen atoms in total. The van der Waals surface area contributed by atoms with Crippen LogP contribution in [0.1, 0.15) is 27.0 Å². The second-order valence-electron chi connectivity index (χ2n) is 4.91. The topological polar surface area (TPSA) is 70.2 Å². The fraction of sp³-hybridized carbons (Fsp3) is 0.250. The van der Waals surface area contributed by atoms with Crippen LogP contribution in [-0.4, -0.2) is 31.4 Å². The molecule has 1 aromatic carbocycles. The number of benzene rings is 1. The van der Waals surface area contributed by atoms with Crippen LogP contribution in [0.3, 0.4) is 0 Å². The summed E-state index contributed by atoms with van der Waals surface area (Å²) in [6, 6.07) is 10.7. The Hall–Kier alpha value is -1.89. The average molecular weight is 354 g/mol. The smallest absolute Gasteiger partial charge is 0.265 e. The van der Waals surface area contributed by atoms with Crippen molar-refractivity contribution in [2.24, 2.45) is 0 Å². The first-order chi connectivity index (χ1) is 10.6. The molecule has 1 unspecified atom stereocenters. The molecule has 1 aromatic heterocycles. The lowest BCUT2D eigenvalue weighted by molar-refractivity contribution is 0.0949. The van der Waals surface area contributed by atoms with E-state index in [2.05, 4.69) is 16.0 Å².